The zero-order valence-electron chi connectivity index (χ0n) is 3.76. The molecule has 5 heavy (non-hydrogen) atoms. The summed E-state index contributed by atoms with van der Waals surface area (Å²) in [6.45, 7) is 0. The van der Waals surface area contributed by atoms with Gasteiger partial charge in [-0.3, -0.25) is 0 Å². The first-order chi connectivity index (χ1) is 0. The summed E-state index contributed by atoms with van der Waals surface area (Å²) in [4.78, 5) is 0. The molecule has 0 aliphatic carbocycles. The van der Waals surface area contributed by atoms with E-state index in [4.69, 9.17) is 0 Å². The van der Waals surface area contributed by atoms with Gasteiger partial charge in [0, 0.05) is 0 Å². The van der Waals surface area contributed by atoms with Gasteiger partial charge in [-0.15, -0.1) is 0 Å². The van der Waals surface area contributed by atoms with E-state index in [1.807, 2.05) is 0 Å². The molecule has 0 aliphatic rings. The van der Waals surface area contributed by atoms with Gasteiger partial charge in [0.25, 0.3) is 0 Å². The summed E-state index contributed by atoms with van der Waals surface area (Å²) >= 11 is 0. The minimum Gasteiger partial charge on any atom is -1.00 e. The molecule has 0 nitrogen and oxygen atoms in total. The van der Waals surface area contributed by atoms with E-state index in [0.29, 0.717) is 0 Å². The standard InChI is InChI=1S/ClH.Cs.HI.2Na/h1H;;1H;;/q;+1;;2*+1/p-2. The zero-order valence-corrected chi connectivity index (χ0v) is 16.9. The topological polar surface area (TPSA) is 0 Å². The van der Waals surface area contributed by atoms with Gasteiger partial charge < -0.3 is 36.4 Å². The first kappa shape index (κ1) is 32.2. The van der Waals surface area contributed by atoms with Crippen molar-refractivity contribution in [3.63, 3.8) is 0 Å². The van der Waals surface area contributed by atoms with Crippen molar-refractivity contribution < 1.29 is 164 Å². The van der Waals surface area contributed by atoms with Crippen molar-refractivity contribution in [3.8, 4) is 0 Å². The third-order valence-corrected chi connectivity index (χ3v) is 0. The Labute approximate surface area is 159 Å². The monoisotopic (exact) mass is 341 g/mol. The van der Waals surface area contributed by atoms with E-state index in [0.717, 1.165) is 0 Å². The Morgan fingerprint density at radius 2 is 0.800 bits per heavy atom. The minimum atomic E-state index is 0. The van der Waals surface area contributed by atoms with Crippen molar-refractivity contribution in [2.75, 3.05) is 0 Å². The maximum Gasteiger partial charge on any atom is 1.00 e. The van der Waals surface area contributed by atoms with Crippen LogP contribution in [0.4, 0.5) is 0 Å². The second-order valence-electron chi connectivity index (χ2n) is 0. The predicted octanol–water partition coefficient (Wildman–Crippen LogP) is -15.0. The van der Waals surface area contributed by atoms with E-state index in [1.165, 1.54) is 0 Å². The number of halogens is 2. The largest absolute Gasteiger partial charge is 1.00 e. The molecular weight excluding hydrogens is 341 g/mol. The molecule has 0 saturated carbocycles. The molecule has 0 bridgehead atoms. The van der Waals surface area contributed by atoms with Gasteiger partial charge in [0.15, 0.2) is 0 Å². The summed E-state index contributed by atoms with van der Waals surface area (Å²) in [6, 6.07) is 0. The van der Waals surface area contributed by atoms with Crippen LogP contribution < -0.4 is 164 Å². The summed E-state index contributed by atoms with van der Waals surface area (Å²) in [7, 11) is 0. The van der Waals surface area contributed by atoms with Crippen molar-refractivity contribution in [1.29, 1.82) is 0 Å². The molecule has 0 aliphatic heterocycles. The molecule has 0 amide bonds. The Morgan fingerprint density at radius 3 is 0.800 bits per heavy atom. The Kier molecular flexibility index (Phi) is 148. The number of rotatable bonds is 0. The summed E-state index contributed by atoms with van der Waals surface area (Å²) < 4.78 is 0. The molecule has 0 heterocycles. The molecule has 0 rings (SSSR count). The molecule has 0 atom stereocenters. The van der Waals surface area contributed by atoms with Crippen LogP contribution in [0.5, 0.6) is 0 Å². The van der Waals surface area contributed by atoms with Crippen molar-refractivity contribution in [3.05, 3.63) is 0 Å². The predicted molar refractivity (Wildman–Crippen MR) is 0 cm³/mol. The maximum absolute atomic E-state index is 0. The van der Waals surface area contributed by atoms with Gasteiger partial charge in [0.2, 0.25) is 0 Å². The van der Waals surface area contributed by atoms with Crippen molar-refractivity contribution in [2.24, 2.45) is 0 Å². The maximum atomic E-state index is 0. The number of hydrogen-bond donors (Lipinski definition) is 0. The Bertz CT molecular complexity index is 9.61. The van der Waals surface area contributed by atoms with Gasteiger partial charge in [-0.05, 0) is 0 Å². The van der Waals surface area contributed by atoms with Crippen LogP contribution in [0.3, 0.4) is 0 Å². The second-order valence-corrected chi connectivity index (χ2v) is 0. The van der Waals surface area contributed by atoms with Gasteiger partial charge >= 0.3 is 128 Å². The normalized spacial score (nSPS) is 0. The second kappa shape index (κ2) is 23.0. The quantitative estimate of drug-likeness (QED) is 0.303. The fourth-order valence-corrected chi connectivity index (χ4v) is 0. The van der Waals surface area contributed by atoms with Crippen LogP contribution in [0.15, 0.2) is 0 Å². The zero-order chi connectivity index (χ0) is 0. The molecule has 0 unspecified atom stereocenters. The third-order valence-electron chi connectivity index (χ3n) is 0. The molecule has 0 N–H and O–H groups in total. The van der Waals surface area contributed by atoms with Crippen molar-refractivity contribution in [1.82, 2.24) is 0 Å². The first-order valence-corrected chi connectivity index (χ1v) is 0. The van der Waals surface area contributed by atoms with Crippen molar-refractivity contribution >= 4 is 0 Å². The fraction of sp³-hybridized carbons (Fsp3) is 0. The molecular formula is ClCsINa2+. The summed E-state index contributed by atoms with van der Waals surface area (Å²) in [5.41, 5.74) is 0. The third kappa shape index (κ3) is 17.6. The van der Waals surface area contributed by atoms with Gasteiger partial charge in [-0.25, -0.2) is 0 Å². The van der Waals surface area contributed by atoms with Crippen LogP contribution in [0.1, 0.15) is 0 Å². The smallest absolute Gasteiger partial charge is 1.00 e. The molecule has 5 heteroatoms. The molecule has 0 aromatic carbocycles. The number of hydrogen-bond acceptors (Lipinski definition) is 0. The first-order valence-electron chi connectivity index (χ1n) is 0. The van der Waals surface area contributed by atoms with Crippen LogP contribution in [0.2, 0.25) is 0 Å². The van der Waals surface area contributed by atoms with Crippen molar-refractivity contribution in [2.45, 2.75) is 0 Å². The Balaban J connectivity index is 0. The average Bonchev–Trinajstić information content (AvgIpc) is 0. The van der Waals surface area contributed by atoms with E-state index < -0.39 is 0 Å². The molecule has 0 aromatic rings. The Morgan fingerprint density at radius 1 is 0.800 bits per heavy atom. The van der Waals surface area contributed by atoms with Gasteiger partial charge in [-0.1, -0.05) is 0 Å². The summed E-state index contributed by atoms with van der Waals surface area (Å²) in [5, 5.41) is 0. The molecule has 0 radical (unpaired) electrons. The molecule has 0 aromatic heterocycles. The molecule has 16 valence electrons. The van der Waals surface area contributed by atoms with E-state index in [-0.39, 0.29) is 164 Å². The molecule has 0 saturated heterocycles. The van der Waals surface area contributed by atoms with Crippen LogP contribution >= 0.6 is 0 Å². The minimum absolute atomic E-state index is 0. The Hall–Kier alpha value is 5.07. The fourth-order valence-electron chi connectivity index (χ4n) is 0. The van der Waals surface area contributed by atoms with Gasteiger partial charge in [0.1, 0.15) is 0 Å². The van der Waals surface area contributed by atoms with Gasteiger partial charge in [-0.2, -0.15) is 0 Å². The average molecular weight is 341 g/mol. The summed E-state index contributed by atoms with van der Waals surface area (Å²) in [6.07, 6.45) is 0. The molecule has 0 spiro atoms. The van der Waals surface area contributed by atoms with Crippen LogP contribution in [-0.2, 0) is 0 Å². The molecule has 0 fully saturated rings. The van der Waals surface area contributed by atoms with Gasteiger partial charge in [0.05, 0.1) is 0 Å². The SMILES string of the molecule is [Cl-].[Cs+].[I-].[Na+].[Na+]. The van der Waals surface area contributed by atoms with E-state index >= 15 is 0 Å². The van der Waals surface area contributed by atoms with E-state index in [2.05, 4.69) is 0 Å². The van der Waals surface area contributed by atoms with Crippen LogP contribution in [-0.4, -0.2) is 0 Å². The van der Waals surface area contributed by atoms with Crippen LogP contribution in [0.25, 0.3) is 0 Å². The van der Waals surface area contributed by atoms with E-state index in [1.54, 1.807) is 0 Å². The van der Waals surface area contributed by atoms with E-state index in [9.17, 15) is 0 Å². The summed E-state index contributed by atoms with van der Waals surface area (Å²) in [5.74, 6) is 0. The van der Waals surface area contributed by atoms with Crippen LogP contribution in [0, 0.1) is 0 Å².